The van der Waals surface area contributed by atoms with Crippen molar-refractivity contribution in [1.29, 1.82) is 0 Å². The van der Waals surface area contributed by atoms with E-state index in [1.54, 1.807) is 20.8 Å². The van der Waals surface area contributed by atoms with E-state index in [1.165, 1.54) is 12.2 Å². The zero-order chi connectivity index (χ0) is 21.8. The van der Waals surface area contributed by atoms with Gasteiger partial charge in [0.1, 0.15) is 21.0 Å². The first-order valence-electron chi connectivity index (χ1n) is 9.26. The monoisotopic (exact) mass is 441 g/mol. The predicted molar refractivity (Wildman–Crippen MR) is 110 cm³/mol. The summed E-state index contributed by atoms with van der Waals surface area (Å²) in [7, 11) is 1.46. The molecular weight excluding hydrogens is 417 g/mol. The standard InChI is InChI=1S/C21H25Cl2NO5/c1-12-8-7-9-13(2)14(12)15-16(29-18(26)20(5)10-21(20,22)23)19(3,4)24(17(15)25)28-11-27-6/h7-9H,10-11H2,1-6H3. The van der Waals surface area contributed by atoms with E-state index in [0.29, 0.717) is 5.56 Å². The summed E-state index contributed by atoms with van der Waals surface area (Å²) in [6.45, 7) is 8.82. The number of ether oxygens (including phenoxy) is 2. The van der Waals surface area contributed by atoms with Crippen LogP contribution >= 0.6 is 23.2 Å². The summed E-state index contributed by atoms with van der Waals surface area (Å²) in [5, 5.41) is 1.18. The average Bonchev–Trinajstić information content (AvgIpc) is 3.09. The second-order valence-corrected chi connectivity index (χ2v) is 9.75. The lowest BCUT2D eigenvalue weighted by molar-refractivity contribution is -0.239. The van der Waals surface area contributed by atoms with E-state index in [0.717, 1.165) is 11.1 Å². The predicted octanol–water partition coefficient (Wildman–Crippen LogP) is 4.30. The lowest BCUT2D eigenvalue weighted by Gasteiger charge is -2.31. The first-order chi connectivity index (χ1) is 13.4. The van der Waals surface area contributed by atoms with Crippen LogP contribution < -0.4 is 0 Å². The van der Waals surface area contributed by atoms with Crippen LogP contribution in [0.4, 0.5) is 0 Å². The zero-order valence-electron chi connectivity index (χ0n) is 17.4. The summed E-state index contributed by atoms with van der Waals surface area (Å²) < 4.78 is 9.62. The van der Waals surface area contributed by atoms with Crippen molar-refractivity contribution in [3.63, 3.8) is 0 Å². The smallest absolute Gasteiger partial charge is 0.320 e. The van der Waals surface area contributed by atoms with Crippen molar-refractivity contribution < 1.29 is 23.9 Å². The average molecular weight is 442 g/mol. The molecular formula is C21H25Cl2NO5. The SMILES string of the molecule is COCON1C(=O)C(c2c(C)cccc2C)=C(OC(=O)C2(C)CC2(Cl)Cl)C1(C)C. The highest BCUT2D eigenvalue weighted by Gasteiger charge is 2.70. The molecule has 1 saturated carbocycles. The van der Waals surface area contributed by atoms with E-state index in [2.05, 4.69) is 0 Å². The minimum Gasteiger partial charge on any atom is -0.427 e. The molecule has 158 valence electrons. The molecule has 0 saturated heterocycles. The number of rotatable bonds is 6. The number of methoxy groups -OCH3 is 1. The summed E-state index contributed by atoms with van der Waals surface area (Å²) in [5.41, 5.74) is 0.674. The van der Waals surface area contributed by atoms with Crippen molar-refractivity contribution in [1.82, 2.24) is 5.06 Å². The third kappa shape index (κ3) is 3.46. The van der Waals surface area contributed by atoms with Gasteiger partial charge in [0.2, 0.25) is 0 Å². The van der Waals surface area contributed by atoms with Crippen LogP contribution in [0.1, 0.15) is 43.9 Å². The van der Waals surface area contributed by atoms with Gasteiger partial charge < -0.3 is 9.47 Å². The summed E-state index contributed by atoms with van der Waals surface area (Å²) in [6, 6.07) is 5.71. The molecule has 29 heavy (non-hydrogen) atoms. The number of hydrogen-bond acceptors (Lipinski definition) is 5. The molecule has 6 nitrogen and oxygen atoms in total. The topological polar surface area (TPSA) is 65.1 Å². The molecule has 1 atom stereocenters. The van der Waals surface area contributed by atoms with E-state index < -0.39 is 27.2 Å². The normalized spacial score (nSPS) is 24.8. The summed E-state index contributed by atoms with van der Waals surface area (Å²) in [5.74, 6) is -0.773. The molecule has 1 unspecified atom stereocenters. The molecule has 1 aliphatic carbocycles. The Morgan fingerprint density at radius 2 is 1.72 bits per heavy atom. The zero-order valence-corrected chi connectivity index (χ0v) is 18.9. The van der Waals surface area contributed by atoms with Gasteiger partial charge in [0.15, 0.2) is 6.79 Å². The number of hydroxylamine groups is 2. The van der Waals surface area contributed by atoms with E-state index in [1.807, 2.05) is 32.0 Å². The maximum atomic E-state index is 13.4. The van der Waals surface area contributed by atoms with Crippen molar-refractivity contribution >= 4 is 40.7 Å². The first kappa shape index (κ1) is 22.1. The fourth-order valence-corrected chi connectivity index (χ4v) is 4.30. The Labute approximate surface area is 180 Å². The molecule has 0 radical (unpaired) electrons. The van der Waals surface area contributed by atoms with Gasteiger partial charge in [-0.05, 0) is 51.3 Å². The number of benzene rings is 1. The second-order valence-electron chi connectivity index (χ2n) is 8.27. The Morgan fingerprint density at radius 3 is 2.21 bits per heavy atom. The Bertz CT molecular complexity index is 888. The minimum atomic E-state index is -1.18. The molecule has 3 rings (SSSR count). The number of hydrogen-bond donors (Lipinski definition) is 0. The van der Waals surface area contributed by atoms with Crippen LogP contribution in [0, 0.1) is 19.3 Å². The van der Waals surface area contributed by atoms with Crippen molar-refractivity contribution in [3.8, 4) is 0 Å². The molecule has 1 amide bonds. The second kappa shape index (κ2) is 7.27. The third-order valence-electron chi connectivity index (χ3n) is 5.62. The maximum absolute atomic E-state index is 13.4. The van der Waals surface area contributed by atoms with Crippen LogP contribution in [0.2, 0.25) is 0 Å². The lowest BCUT2D eigenvalue weighted by atomic mass is 9.93. The number of esters is 1. The van der Waals surface area contributed by atoms with Crippen LogP contribution in [0.3, 0.4) is 0 Å². The number of halogens is 2. The van der Waals surface area contributed by atoms with E-state index in [-0.39, 0.29) is 24.5 Å². The highest BCUT2D eigenvalue weighted by molar-refractivity contribution is 6.53. The molecule has 8 heteroatoms. The van der Waals surface area contributed by atoms with Gasteiger partial charge in [0, 0.05) is 13.5 Å². The molecule has 1 aromatic rings. The van der Waals surface area contributed by atoms with Crippen LogP contribution in [0.15, 0.2) is 24.0 Å². The summed E-state index contributed by atoms with van der Waals surface area (Å²) in [6.07, 6.45) is 0.284. The van der Waals surface area contributed by atoms with Crippen LogP contribution in [-0.2, 0) is 23.9 Å². The molecule has 1 aromatic carbocycles. The van der Waals surface area contributed by atoms with Crippen LogP contribution in [0.5, 0.6) is 0 Å². The van der Waals surface area contributed by atoms with E-state index >= 15 is 0 Å². The number of amides is 1. The highest BCUT2D eigenvalue weighted by Crippen LogP contribution is 2.64. The number of carbonyl (C=O) groups excluding carboxylic acids is 2. The summed E-state index contributed by atoms with van der Waals surface area (Å²) in [4.78, 5) is 31.8. The number of carbonyl (C=O) groups is 2. The van der Waals surface area contributed by atoms with E-state index in [9.17, 15) is 9.59 Å². The van der Waals surface area contributed by atoms with Crippen molar-refractivity contribution in [3.05, 3.63) is 40.6 Å². The van der Waals surface area contributed by atoms with Crippen molar-refractivity contribution in [2.45, 2.75) is 50.9 Å². The molecule has 1 heterocycles. The van der Waals surface area contributed by atoms with E-state index in [4.69, 9.17) is 37.5 Å². The van der Waals surface area contributed by atoms with Gasteiger partial charge in [-0.2, -0.15) is 0 Å². The fourth-order valence-electron chi connectivity index (χ4n) is 3.61. The van der Waals surface area contributed by atoms with Gasteiger partial charge in [0.05, 0.1) is 5.57 Å². The largest absolute Gasteiger partial charge is 0.427 e. The Hall–Kier alpha value is -1.60. The van der Waals surface area contributed by atoms with Gasteiger partial charge in [-0.3, -0.25) is 9.59 Å². The number of aryl methyl sites for hydroxylation is 2. The molecule has 1 fully saturated rings. The molecule has 0 bridgehead atoms. The molecule has 0 N–H and O–H groups in total. The molecule has 0 spiro atoms. The maximum Gasteiger partial charge on any atom is 0.320 e. The minimum absolute atomic E-state index is 0.124. The Balaban J connectivity index is 2.12. The summed E-state index contributed by atoms with van der Waals surface area (Å²) >= 11 is 12.3. The van der Waals surface area contributed by atoms with Gasteiger partial charge in [-0.25, -0.2) is 9.90 Å². The first-order valence-corrected chi connectivity index (χ1v) is 10.0. The number of nitrogens with zero attached hydrogens (tertiary/aromatic N) is 1. The van der Waals surface area contributed by atoms with Crippen LogP contribution in [-0.4, -0.2) is 40.7 Å². The Kier molecular flexibility index (Phi) is 5.54. The van der Waals surface area contributed by atoms with Crippen LogP contribution in [0.25, 0.3) is 5.57 Å². The quantitative estimate of drug-likeness (QED) is 0.374. The molecule has 1 aliphatic heterocycles. The van der Waals surface area contributed by atoms with Gasteiger partial charge in [0.25, 0.3) is 5.91 Å². The van der Waals surface area contributed by atoms with Gasteiger partial charge >= 0.3 is 5.97 Å². The van der Waals surface area contributed by atoms with Gasteiger partial charge in [-0.1, -0.05) is 18.2 Å². The molecule has 2 aliphatic rings. The fraction of sp³-hybridized carbons (Fsp3) is 0.524. The third-order valence-corrected chi connectivity index (χ3v) is 6.72. The van der Waals surface area contributed by atoms with Crippen molar-refractivity contribution in [2.24, 2.45) is 5.41 Å². The lowest BCUT2D eigenvalue weighted by Crippen LogP contribution is -2.44. The molecule has 0 aromatic heterocycles. The number of alkyl halides is 2. The van der Waals surface area contributed by atoms with Crippen molar-refractivity contribution in [2.75, 3.05) is 13.9 Å². The Morgan fingerprint density at radius 1 is 1.17 bits per heavy atom. The van der Waals surface area contributed by atoms with Gasteiger partial charge in [-0.15, -0.1) is 23.2 Å². The highest BCUT2D eigenvalue weighted by atomic mass is 35.5.